The van der Waals surface area contributed by atoms with Gasteiger partial charge in [0.15, 0.2) is 0 Å². The van der Waals surface area contributed by atoms with E-state index in [9.17, 15) is 4.91 Å². The maximum absolute atomic E-state index is 10.7. The third kappa shape index (κ3) is 2.68. The van der Waals surface area contributed by atoms with E-state index >= 15 is 0 Å². The summed E-state index contributed by atoms with van der Waals surface area (Å²) in [5, 5.41) is 6.09. The molecule has 0 saturated heterocycles. The highest BCUT2D eigenvalue weighted by molar-refractivity contribution is 9.10. The number of nitroso groups, excluding NO2 is 1. The summed E-state index contributed by atoms with van der Waals surface area (Å²) < 4.78 is 0.904. The Labute approximate surface area is 107 Å². The van der Waals surface area contributed by atoms with Crippen LogP contribution in [0.15, 0.2) is 46.2 Å². The standard InChI is InChI=1S/C12H10BrN3O/c1-8-3-2-4-10(16-17)12(8)15-11-6-5-9(13)7-14-11/h2-7H,1H3,(H,14,15). The average molecular weight is 292 g/mol. The molecular weight excluding hydrogens is 282 g/mol. The second-order valence-electron chi connectivity index (χ2n) is 3.55. The molecule has 0 atom stereocenters. The van der Waals surface area contributed by atoms with Gasteiger partial charge in [-0.1, -0.05) is 12.1 Å². The van der Waals surface area contributed by atoms with E-state index < -0.39 is 0 Å². The van der Waals surface area contributed by atoms with Gasteiger partial charge in [-0.3, -0.25) is 0 Å². The van der Waals surface area contributed by atoms with Gasteiger partial charge in [0.2, 0.25) is 0 Å². The van der Waals surface area contributed by atoms with Crippen molar-refractivity contribution in [2.45, 2.75) is 6.92 Å². The molecule has 1 aromatic carbocycles. The summed E-state index contributed by atoms with van der Waals surface area (Å²) in [6, 6.07) is 9.08. The molecule has 5 heteroatoms. The van der Waals surface area contributed by atoms with Gasteiger partial charge in [0.25, 0.3) is 0 Å². The Hall–Kier alpha value is -1.75. The smallest absolute Gasteiger partial charge is 0.131 e. The highest BCUT2D eigenvalue weighted by Gasteiger charge is 2.06. The number of anilines is 2. The highest BCUT2D eigenvalue weighted by Crippen LogP contribution is 2.30. The van der Waals surface area contributed by atoms with Crippen molar-refractivity contribution < 1.29 is 0 Å². The Kier molecular flexibility index (Phi) is 3.49. The van der Waals surface area contributed by atoms with Crippen molar-refractivity contribution in [3.05, 3.63) is 51.5 Å². The first-order chi connectivity index (χ1) is 8.20. The van der Waals surface area contributed by atoms with Crippen LogP contribution in [0.1, 0.15) is 5.56 Å². The molecule has 0 aliphatic rings. The van der Waals surface area contributed by atoms with E-state index in [1.807, 2.05) is 25.1 Å². The topological polar surface area (TPSA) is 54.4 Å². The highest BCUT2D eigenvalue weighted by atomic mass is 79.9. The van der Waals surface area contributed by atoms with E-state index in [0.717, 1.165) is 10.0 Å². The molecule has 4 nitrogen and oxygen atoms in total. The Morgan fingerprint density at radius 2 is 2.12 bits per heavy atom. The van der Waals surface area contributed by atoms with Gasteiger partial charge in [-0.25, -0.2) is 4.98 Å². The van der Waals surface area contributed by atoms with Gasteiger partial charge < -0.3 is 5.32 Å². The van der Waals surface area contributed by atoms with Crippen LogP contribution >= 0.6 is 15.9 Å². The molecule has 0 saturated carbocycles. The number of nitrogens with zero attached hydrogens (tertiary/aromatic N) is 2. The van der Waals surface area contributed by atoms with Crippen LogP contribution in [0.25, 0.3) is 0 Å². The first-order valence-corrected chi connectivity index (χ1v) is 5.81. The second kappa shape index (κ2) is 5.05. The number of aryl methyl sites for hydroxylation is 1. The van der Waals surface area contributed by atoms with Crippen LogP contribution in [0, 0.1) is 11.8 Å². The van der Waals surface area contributed by atoms with Gasteiger partial charge in [-0.15, -0.1) is 4.91 Å². The number of pyridine rings is 1. The number of hydrogen-bond donors (Lipinski definition) is 1. The molecule has 0 spiro atoms. The molecule has 1 heterocycles. The lowest BCUT2D eigenvalue weighted by atomic mass is 10.1. The Morgan fingerprint density at radius 3 is 2.76 bits per heavy atom. The summed E-state index contributed by atoms with van der Waals surface area (Å²) in [5.74, 6) is 0.674. The predicted octanol–water partition coefficient (Wildman–Crippen LogP) is 4.29. The minimum absolute atomic E-state index is 0.384. The fourth-order valence-corrected chi connectivity index (χ4v) is 1.70. The maximum atomic E-state index is 10.7. The zero-order valence-corrected chi connectivity index (χ0v) is 10.7. The molecule has 2 rings (SSSR count). The van der Waals surface area contributed by atoms with Crippen LogP contribution in [0.4, 0.5) is 17.2 Å². The van der Waals surface area contributed by atoms with Crippen molar-refractivity contribution in [2.75, 3.05) is 5.32 Å². The van der Waals surface area contributed by atoms with Crippen LogP contribution in [-0.4, -0.2) is 4.98 Å². The summed E-state index contributed by atoms with van der Waals surface area (Å²) in [7, 11) is 0. The molecule has 0 aliphatic heterocycles. The normalized spacial score (nSPS) is 10.0. The van der Waals surface area contributed by atoms with Crippen molar-refractivity contribution in [3.8, 4) is 0 Å². The second-order valence-corrected chi connectivity index (χ2v) is 4.46. The fourth-order valence-electron chi connectivity index (χ4n) is 1.47. The van der Waals surface area contributed by atoms with Gasteiger partial charge in [0, 0.05) is 10.7 Å². The molecule has 1 N–H and O–H groups in total. The Morgan fingerprint density at radius 1 is 1.29 bits per heavy atom. The number of nitrogens with one attached hydrogen (secondary N) is 1. The van der Waals surface area contributed by atoms with Crippen LogP contribution in [0.5, 0.6) is 0 Å². The third-order valence-corrected chi connectivity index (χ3v) is 2.80. The first kappa shape index (κ1) is 11.7. The SMILES string of the molecule is Cc1cccc(N=O)c1Nc1ccc(Br)cn1. The summed E-state index contributed by atoms with van der Waals surface area (Å²) in [4.78, 5) is 14.9. The minimum Gasteiger partial charge on any atom is -0.338 e. The summed E-state index contributed by atoms with van der Waals surface area (Å²) in [5.41, 5.74) is 2.03. The predicted molar refractivity (Wildman–Crippen MR) is 71.9 cm³/mol. The molecule has 0 radical (unpaired) electrons. The summed E-state index contributed by atoms with van der Waals surface area (Å²) >= 11 is 3.31. The number of para-hydroxylation sites is 1. The largest absolute Gasteiger partial charge is 0.338 e. The molecule has 0 amide bonds. The quantitative estimate of drug-likeness (QED) is 0.858. The lowest BCUT2D eigenvalue weighted by molar-refractivity contribution is 1.28. The average Bonchev–Trinajstić information content (AvgIpc) is 2.34. The number of hydrogen-bond acceptors (Lipinski definition) is 4. The molecule has 0 unspecified atom stereocenters. The zero-order chi connectivity index (χ0) is 12.3. The first-order valence-electron chi connectivity index (χ1n) is 5.02. The number of halogens is 1. The molecular formula is C12H10BrN3O. The van der Waals surface area contributed by atoms with Crippen LogP contribution in [-0.2, 0) is 0 Å². The molecule has 1 aromatic heterocycles. The molecule has 0 bridgehead atoms. The summed E-state index contributed by atoms with van der Waals surface area (Å²) in [6.45, 7) is 1.91. The van der Waals surface area contributed by atoms with Crippen LogP contribution in [0.3, 0.4) is 0 Å². The number of rotatable bonds is 3. The van der Waals surface area contributed by atoms with Gasteiger partial charge in [-0.2, -0.15) is 0 Å². The molecule has 86 valence electrons. The molecule has 17 heavy (non-hydrogen) atoms. The minimum atomic E-state index is 0.384. The van der Waals surface area contributed by atoms with Crippen molar-refractivity contribution in [1.29, 1.82) is 0 Å². The van der Waals surface area contributed by atoms with E-state index in [4.69, 9.17) is 0 Å². The van der Waals surface area contributed by atoms with Gasteiger partial charge in [0.05, 0.1) is 5.69 Å². The lowest BCUT2D eigenvalue weighted by Crippen LogP contribution is -1.95. The summed E-state index contributed by atoms with van der Waals surface area (Å²) in [6.07, 6.45) is 1.69. The van der Waals surface area contributed by atoms with E-state index in [2.05, 4.69) is 31.4 Å². The molecule has 0 fully saturated rings. The maximum Gasteiger partial charge on any atom is 0.131 e. The van der Waals surface area contributed by atoms with Gasteiger partial charge in [0.1, 0.15) is 11.5 Å². The van der Waals surface area contributed by atoms with Crippen molar-refractivity contribution >= 4 is 33.1 Å². The number of benzene rings is 1. The van der Waals surface area contributed by atoms with Crippen molar-refractivity contribution in [3.63, 3.8) is 0 Å². The monoisotopic (exact) mass is 291 g/mol. The molecule has 2 aromatic rings. The van der Waals surface area contributed by atoms with Crippen molar-refractivity contribution in [2.24, 2.45) is 5.18 Å². The van der Waals surface area contributed by atoms with Crippen LogP contribution in [0.2, 0.25) is 0 Å². The van der Waals surface area contributed by atoms with E-state index in [1.165, 1.54) is 0 Å². The van der Waals surface area contributed by atoms with E-state index in [-0.39, 0.29) is 0 Å². The van der Waals surface area contributed by atoms with E-state index in [0.29, 0.717) is 17.2 Å². The van der Waals surface area contributed by atoms with E-state index in [1.54, 1.807) is 18.3 Å². The number of aromatic nitrogens is 1. The Bertz CT molecular complexity index is 540. The van der Waals surface area contributed by atoms with Gasteiger partial charge >= 0.3 is 0 Å². The molecule has 0 aliphatic carbocycles. The van der Waals surface area contributed by atoms with Crippen molar-refractivity contribution in [1.82, 2.24) is 4.98 Å². The fraction of sp³-hybridized carbons (Fsp3) is 0.0833. The van der Waals surface area contributed by atoms with Gasteiger partial charge in [-0.05, 0) is 51.8 Å². The zero-order valence-electron chi connectivity index (χ0n) is 9.14. The Balaban J connectivity index is 2.35. The lowest BCUT2D eigenvalue weighted by Gasteiger charge is -2.09. The third-order valence-electron chi connectivity index (χ3n) is 2.33. The van der Waals surface area contributed by atoms with Crippen LogP contribution < -0.4 is 5.32 Å².